The number of nitrogen functional groups attached to an aromatic ring is 1. The van der Waals surface area contributed by atoms with Crippen LogP contribution in [0, 0.1) is 6.92 Å². The first kappa shape index (κ1) is 19.2. The molecule has 27 heavy (non-hydrogen) atoms. The minimum atomic E-state index is -0.299. The number of amides is 2. The lowest BCUT2D eigenvalue weighted by molar-refractivity contribution is 0.112. The van der Waals surface area contributed by atoms with Gasteiger partial charge >= 0.3 is 6.03 Å². The van der Waals surface area contributed by atoms with E-state index in [1.165, 1.54) is 0 Å². The van der Waals surface area contributed by atoms with E-state index in [-0.39, 0.29) is 17.6 Å². The van der Waals surface area contributed by atoms with Gasteiger partial charge < -0.3 is 21.1 Å². The van der Waals surface area contributed by atoms with E-state index in [1.807, 2.05) is 52.0 Å². The Kier molecular flexibility index (Phi) is 5.41. The molecule has 0 saturated carbocycles. The molecule has 146 valence electrons. The van der Waals surface area contributed by atoms with Crippen LogP contribution in [0.15, 0.2) is 24.3 Å². The van der Waals surface area contributed by atoms with Gasteiger partial charge in [0.05, 0.1) is 17.5 Å². The molecule has 0 bridgehead atoms. The quantitative estimate of drug-likeness (QED) is 0.768. The highest BCUT2D eigenvalue weighted by Crippen LogP contribution is 2.35. The molecule has 0 spiro atoms. The largest absolute Gasteiger partial charge is 0.382 e. The Hall–Kier alpha value is -2.54. The Morgan fingerprint density at radius 1 is 1.37 bits per heavy atom. The zero-order valence-corrected chi connectivity index (χ0v) is 16.5. The van der Waals surface area contributed by atoms with Crippen LogP contribution >= 0.6 is 0 Å². The van der Waals surface area contributed by atoms with E-state index in [2.05, 4.69) is 10.6 Å². The van der Waals surface area contributed by atoms with E-state index >= 15 is 0 Å². The number of hydrogen-bond donors (Lipinski definition) is 3. The van der Waals surface area contributed by atoms with Gasteiger partial charge in [0, 0.05) is 18.6 Å². The lowest BCUT2D eigenvalue weighted by Gasteiger charge is -2.18. The monoisotopic (exact) mass is 371 g/mol. The van der Waals surface area contributed by atoms with E-state index in [4.69, 9.17) is 15.6 Å². The van der Waals surface area contributed by atoms with E-state index in [0.29, 0.717) is 18.1 Å². The Bertz CT molecular complexity index is 816. The van der Waals surface area contributed by atoms with Gasteiger partial charge in [-0.25, -0.2) is 9.48 Å². The number of benzene rings is 1. The highest BCUT2D eigenvalue weighted by Gasteiger charge is 2.28. The van der Waals surface area contributed by atoms with Crippen molar-refractivity contribution in [3.63, 3.8) is 0 Å². The fourth-order valence-corrected chi connectivity index (χ4v) is 3.23. The Morgan fingerprint density at radius 2 is 2.11 bits per heavy atom. The average molecular weight is 371 g/mol. The molecule has 4 N–H and O–H groups in total. The fraction of sp³-hybridized carbons (Fsp3) is 0.500. The molecule has 1 fully saturated rings. The number of carbonyl (C=O) groups excluding carboxylic acids is 1. The van der Waals surface area contributed by atoms with Crippen LogP contribution in [0.5, 0.6) is 0 Å². The maximum atomic E-state index is 12.4. The second-order valence-corrected chi connectivity index (χ2v) is 8.03. The number of rotatable bonds is 4. The second kappa shape index (κ2) is 7.60. The molecule has 1 aromatic heterocycles. The highest BCUT2D eigenvalue weighted by molar-refractivity contribution is 5.93. The minimum absolute atomic E-state index is 0.0878. The Morgan fingerprint density at radius 3 is 2.74 bits per heavy atom. The van der Waals surface area contributed by atoms with Crippen molar-refractivity contribution in [3.8, 4) is 5.69 Å². The first-order valence-corrected chi connectivity index (χ1v) is 9.39. The molecule has 0 radical (unpaired) electrons. The van der Waals surface area contributed by atoms with Gasteiger partial charge in [0.15, 0.2) is 5.82 Å². The lowest BCUT2D eigenvalue weighted by Crippen LogP contribution is -2.35. The number of hydrogen-bond acceptors (Lipinski definition) is 4. The zero-order valence-electron chi connectivity index (χ0n) is 16.5. The predicted molar refractivity (Wildman–Crippen MR) is 107 cm³/mol. The van der Waals surface area contributed by atoms with Gasteiger partial charge in [0.1, 0.15) is 5.69 Å². The predicted octanol–water partition coefficient (Wildman–Crippen LogP) is 3.36. The van der Waals surface area contributed by atoms with Crippen molar-refractivity contribution in [2.45, 2.75) is 52.1 Å². The molecule has 2 aromatic rings. The Labute approximate surface area is 160 Å². The van der Waals surface area contributed by atoms with Crippen LogP contribution in [-0.4, -0.2) is 35.1 Å². The summed E-state index contributed by atoms with van der Waals surface area (Å²) in [4.78, 5) is 12.4. The van der Waals surface area contributed by atoms with Crippen molar-refractivity contribution >= 4 is 17.5 Å². The molecule has 0 unspecified atom stereocenters. The smallest absolute Gasteiger partial charge is 0.319 e. The van der Waals surface area contributed by atoms with Gasteiger partial charge in [0.25, 0.3) is 0 Å². The third kappa shape index (κ3) is 4.24. The molecule has 1 aromatic carbocycles. The van der Waals surface area contributed by atoms with Crippen molar-refractivity contribution in [2.75, 3.05) is 24.2 Å². The molecule has 7 nitrogen and oxygen atoms in total. The highest BCUT2D eigenvalue weighted by atomic mass is 16.5. The van der Waals surface area contributed by atoms with Crippen molar-refractivity contribution in [2.24, 2.45) is 0 Å². The number of nitrogens with two attached hydrogens (primary N) is 1. The van der Waals surface area contributed by atoms with Gasteiger partial charge in [-0.2, -0.15) is 5.10 Å². The topological polar surface area (TPSA) is 94.2 Å². The van der Waals surface area contributed by atoms with E-state index in [0.717, 1.165) is 36.4 Å². The van der Waals surface area contributed by atoms with E-state index in [1.54, 1.807) is 4.68 Å². The fourth-order valence-electron chi connectivity index (χ4n) is 3.23. The summed E-state index contributed by atoms with van der Waals surface area (Å²) >= 11 is 0. The van der Waals surface area contributed by atoms with Crippen molar-refractivity contribution in [1.29, 1.82) is 0 Å². The normalized spacial score (nSPS) is 17.1. The minimum Gasteiger partial charge on any atom is -0.382 e. The SMILES string of the molecule is Cc1ccccc1-n1nc(C(C)(C)C)c(NC(=O)NC[C@H]2CCCO2)c1N. The number of aromatic nitrogens is 2. The lowest BCUT2D eigenvalue weighted by atomic mass is 9.91. The number of anilines is 2. The maximum absolute atomic E-state index is 12.4. The number of nitrogens with zero attached hydrogens (tertiary/aromatic N) is 2. The molecule has 1 aliphatic heterocycles. The number of carbonyl (C=O) groups is 1. The van der Waals surface area contributed by atoms with E-state index < -0.39 is 0 Å². The summed E-state index contributed by atoms with van der Waals surface area (Å²) in [6.45, 7) is 9.40. The third-order valence-corrected chi connectivity index (χ3v) is 4.73. The summed E-state index contributed by atoms with van der Waals surface area (Å²) in [5.41, 5.74) is 9.37. The molecular weight excluding hydrogens is 342 g/mol. The molecular formula is C20H29N5O2. The molecule has 3 rings (SSSR count). The van der Waals surface area contributed by atoms with Gasteiger partial charge in [-0.3, -0.25) is 0 Å². The molecule has 1 aliphatic rings. The number of urea groups is 1. The number of para-hydroxylation sites is 1. The van der Waals surface area contributed by atoms with Crippen LogP contribution in [0.25, 0.3) is 5.69 Å². The van der Waals surface area contributed by atoms with Gasteiger partial charge in [-0.1, -0.05) is 39.0 Å². The summed E-state index contributed by atoms with van der Waals surface area (Å²) in [5.74, 6) is 0.418. The molecule has 0 aliphatic carbocycles. The van der Waals surface area contributed by atoms with Crippen molar-refractivity contribution in [3.05, 3.63) is 35.5 Å². The average Bonchev–Trinajstić information content (AvgIpc) is 3.22. The number of nitrogens with one attached hydrogen (secondary N) is 2. The van der Waals surface area contributed by atoms with Gasteiger partial charge in [-0.05, 0) is 31.4 Å². The first-order valence-electron chi connectivity index (χ1n) is 9.39. The molecule has 2 amide bonds. The number of ether oxygens (including phenoxy) is 1. The summed E-state index contributed by atoms with van der Waals surface area (Å²) in [6.07, 6.45) is 2.10. The van der Waals surface area contributed by atoms with Crippen LogP contribution in [0.2, 0.25) is 0 Å². The summed E-state index contributed by atoms with van der Waals surface area (Å²) in [5, 5.41) is 10.5. The summed E-state index contributed by atoms with van der Waals surface area (Å²) in [6, 6.07) is 7.59. The van der Waals surface area contributed by atoms with Crippen molar-refractivity contribution in [1.82, 2.24) is 15.1 Å². The second-order valence-electron chi connectivity index (χ2n) is 8.03. The summed E-state index contributed by atoms with van der Waals surface area (Å²) in [7, 11) is 0. The standard InChI is InChI=1S/C20H29N5O2/c1-13-8-5-6-10-15(13)25-18(21)16(17(24-25)20(2,3)4)23-19(26)22-12-14-9-7-11-27-14/h5-6,8,10,14H,7,9,11-12,21H2,1-4H3,(H2,22,23,26)/t14-/m1/s1. The van der Waals surface area contributed by atoms with Crippen LogP contribution in [0.4, 0.5) is 16.3 Å². The molecule has 1 saturated heterocycles. The van der Waals surface area contributed by atoms with Crippen molar-refractivity contribution < 1.29 is 9.53 Å². The third-order valence-electron chi connectivity index (χ3n) is 4.73. The van der Waals surface area contributed by atoms with Crippen LogP contribution in [0.3, 0.4) is 0 Å². The van der Waals surface area contributed by atoms with Crippen LogP contribution in [0.1, 0.15) is 44.9 Å². The molecule has 1 atom stereocenters. The molecule has 2 heterocycles. The van der Waals surface area contributed by atoms with Crippen LogP contribution in [-0.2, 0) is 10.2 Å². The molecule has 7 heteroatoms. The maximum Gasteiger partial charge on any atom is 0.319 e. The Balaban J connectivity index is 1.86. The number of aryl methyl sites for hydroxylation is 1. The zero-order chi connectivity index (χ0) is 19.6. The van der Waals surface area contributed by atoms with Gasteiger partial charge in [-0.15, -0.1) is 0 Å². The van der Waals surface area contributed by atoms with Gasteiger partial charge in [0.2, 0.25) is 0 Å². The first-order chi connectivity index (χ1) is 12.8. The van der Waals surface area contributed by atoms with Crippen LogP contribution < -0.4 is 16.4 Å². The van der Waals surface area contributed by atoms with E-state index in [9.17, 15) is 4.79 Å². The summed E-state index contributed by atoms with van der Waals surface area (Å²) < 4.78 is 7.25.